The number of halogens is 2. The predicted octanol–water partition coefficient (Wildman–Crippen LogP) is 3.74. The molecule has 1 heterocycles. The smallest absolute Gasteiger partial charge is 0.344 e. The van der Waals surface area contributed by atoms with Crippen LogP contribution in [0.1, 0.15) is 5.69 Å². The van der Waals surface area contributed by atoms with Crippen molar-refractivity contribution in [2.45, 2.75) is 6.61 Å². The van der Waals surface area contributed by atoms with E-state index in [9.17, 15) is 13.6 Å². The fraction of sp³-hybridized carbons (Fsp3) is 0.111. The zero-order chi connectivity index (χ0) is 17.6. The summed E-state index contributed by atoms with van der Waals surface area (Å²) in [4.78, 5) is 11.7. The second kappa shape index (κ2) is 7.57. The Morgan fingerprint density at radius 1 is 1.08 bits per heavy atom. The lowest BCUT2D eigenvalue weighted by molar-refractivity contribution is -0.147. The van der Waals surface area contributed by atoms with Crippen LogP contribution in [-0.2, 0) is 16.1 Å². The van der Waals surface area contributed by atoms with Gasteiger partial charge in [-0.05, 0) is 24.3 Å². The molecular formula is C18H13F2NO4. The predicted molar refractivity (Wildman–Crippen MR) is 83.6 cm³/mol. The molecule has 3 rings (SSSR count). The number of aromatic nitrogens is 1. The molecule has 0 N–H and O–H groups in total. The maximum absolute atomic E-state index is 13.7. The number of para-hydroxylation sites is 1. The van der Waals surface area contributed by atoms with E-state index in [0.29, 0.717) is 11.4 Å². The van der Waals surface area contributed by atoms with Gasteiger partial charge in [-0.3, -0.25) is 0 Å². The van der Waals surface area contributed by atoms with E-state index in [0.717, 1.165) is 12.1 Å². The number of carbonyl (C=O) groups excluding carboxylic acids is 1. The normalized spacial score (nSPS) is 10.5. The monoisotopic (exact) mass is 345 g/mol. The minimum atomic E-state index is -0.768. The molecule has 0 spiro atoms. The molecule has 0 radical (unpaired) electrons. The van der Waals surface area contributed by atoms with Gasteiger partial charge in [-0.25, -0.2) is 13.6 Å². The van der Waals surface area contributed by atoms with Gasteiger partial charge >= 0.3 is 5.97 Å². The van der Waals surface area contributed by atoms with Gasteiger partial charge in [-0.1, -0.05) is 23.4 Å². The van der Waals surface area contributed by atoms with Crippen molar-refractivity contribution in [3.8, 4) is 17.1 Å². The minimum Gasteiger partial charge on any atom is -0.482 e. The molecule has 1 aromatic heterocycles. The first-order chi connectivity index (χ1) is 12.1. The Morgan fingerprint density at radius 3 is 2.64 bits per heavy atom. The Bertz CT molecular complexity index is 865. The molecule has 5 nitrogen and oxygen atoms in total. The zero-order valence-electron chi connectivity index (χ0n) is 12.9. The first kappa shape index (κ1) is 16.6. The van der Waals surface area contributed by atoms with Gasteiger partial charge in [-0.15, -0.1) is 0 Å². The number of nitrogens with zero attached hydrogens (tertiary/aromatic N) is 1. The summed E-state index contributed by atoms with van der Waals surface area (Å²) in [5, 5.41) is 3.69. The third-order valence-electron chi connectivity index (χ3n) is 3.24. The molecule has 0 amide bonds. The average Bonchev–Trinajstić information content (AvgIpc) is 3.08. The third kappa shape index (κ3) is 4.41. The second-order valence-electron chi connectivity index (χ2n) is 5.07. The summed E-state index contributed by atoms with van der Waals surface area (Å²) in [6.45, 7) is -0.398. The maximum Gasteiger partial charge on any atom is 0.344 e. The lowest BCUT2D eigenvalue weighted by Crippen LogP contribution is -2.14. The fourth-order valence-corrected chi connectivity index (χ4v) is 2.05. The first-order valence-electron chi connectivity index (χ1n) is 7.36. The van der Waals surface area contributed by atoms with Crippen molar-refractivity contribution in [1.82, 2.24) is 5.16 Å². The van der Waals surface area contributed by atoms with E-state index in [1.165, 1.54) is 12.1 Å². The van der Waals surface area contributed by atoms with Crippen LogP contribution < -0.4 is 4.74 Å². The van der Waals surface area contributed by atoms with Crippen molar-refractivity contribution < 1.29 is 27.6 Å². The van der Waals surface area contributed by atoms with Crippen LogP contribution in [0.15, 0.2) is 59.1 Å². The summed E-state index contributed by atoms with van der Waals surface area (Å²) in [6, 6.07) is 13.4. The highest BCUT2D eigenvalue weighted by Gasteiger charge is 2.13. The third-order valence-corrected chi connectivity index (χ3v) is 3.24. The van der Waals surface area contributed by atoms with Crippen molar-refractivity contribution in [2.24, 2.45) is 0 Å². The number of hydrogen-bond donors (Lipinski definition) is 0. The van der Waals surface area contributed by atoms with E-state index >= 15 is 0 Å². The molecule has 2 aromatic carbocycles. The summed E-state index contributed by atoms with van der Waals surface area (Å²) >= 11 is 0. The van der Waals surface area contributed by atoms with Gasteiger partial charge in [0.1, 0.15) is 29.7 Å². The van der Waals surface area contributed by atoms with Crippen molar-refractivity contribution in [2.75, 3.05) is 6.61 Å². The van der Waals surface area contributed by atoms with Gasteiger partial charge in [0, 0.05) is 12.1 Å². The molecule has 0 bridgehead atoms. The highest BCUT2D eigenvalue weighted by molar-refractivity contribution is 5.71. The first-order valence-corrected chi connectivity index (χ1v) is 7.36. The molecule has 0 aliphatic carbocycles. The van der Waals surface area contributed by atoms with Gasteiger partial charge < -0.3 is 14.0 Å². The maximum atomic E-state index is 13.7. The Labute approximate surface area is 141 Å². The number of hydrogen-bond acceptors (Lipinski definition) is 5. The van der Waals surface area contributed by atoms with Crippen molar-refractivity contribution in [3.63, 3.8) is 0 Å². The summed E-state index contributed by atoms with van der Waals surface area (Å²) in [5.41, 5.74) is 0.366. The van der Waals surface area contributed by atoms with Gasteiger partial charge in [0.2, 0.25) is 0 Å². The Hall–Kier alpha value is -3.22. The Morgan fingerprint density at radius 2 is 1.88 bits per heavy atom. The number of ether oxygens (including phenoxy) is 2. The summed E-state index contributed by atoms with van der Waals surface area (Å²) in [7, 11) is 0. The number of esters is 1. The average molecular weight is 345 g/mol. The van der Waals surface area contributed by atoms with Gasteiger partial charge in [-0.2, -0.15) is 0 Å². The van der Waals surface area contributed by atoms with Gasteiger partial charge in [0.25, 0.3) is 0 Å². The molecule has 0 saturated heterocycles. The molecule has 7 heteroatoms. The van der Waals surface area contributed by atoms with Crippen LogP contribution in [0.25, 0.3) is 11.3 Å². The Kier molecular flexibility index (Phi) is 5.03. The summed E-state index contributed by atoms with van der Waals surface area (Å²) in [5.74, 6) is -1.37. The van der Waals surface area contributed by atoms with Crippen LogP contribution >= 0.6 is 0 Å². The van der Waals surface area contributed by atoms with Crippen LogP contribution in [0.3, 0.4) is 0 Å². The summed E-state index contributed by atoms with van der Waals surface area (Å²) in [6.07, 6.45) is 0. The molecule has 3 aromatic rings. The minimum absolute atomic E-state index is 0.0684. The number of benzene rings is 2. The highest BCUT2D eigenvalue weighted by atomic mass is 19.1. The largest absolute Gasteiger partial charge is 0.482 e. The van der Waals surface area contributed by atoms with E-state index in [4.69, 9.17) is 14.0 Å². The molecule has 25 heavy (non-hydrogen) atoms. The zero-order valence-corrected chi connectivity index (χ0v) is 12.9. The van der Waals surface area contributed by atoms with Gasteiger partial charge in [0.15, 0.2) is 12.4 Å². The SMILES string of the molecule is O=C(COc1ccccc1)OCc1cc(-c2ccc(F)cc2F)on1. The standard InChI is InChI=1S/C18H13F2NO4/c19-12-6-7-15(16(20)8-12)17-9-13(21-25-17)10-24-18(22)11-23-14-4-2-1-3-5-14/h1-9H,10-11H2. The molecule has 0 fully saturated rings. The molecule has 0 aliphatic rings. The topological polar surface area (TPSA) is 61.6 Å². The van der Waals surface area contributed by atoms with E-state index in [1.807, 2.05) is 6.07 Å². The van der Waals surface area contributed by atoms with Crippen molar-refractivity contribution in [3.05, 3.63) is 71.9 Å². The molecular weight excluding hydrogens is 332 g/mol. The Balaban J connectivity index is 1.54. The molecule has 0 saturated carbocycles. The van der Waals surface area contributed by atoms with Crippen molar-refractivity contribution in [1.29, 1.82) is 0 Å². The second-order valence-corrected chi connectivity index (χ2v) is 5.07. The lowest BCUT2D eigenvalue weighted by Gasteiger charge is -2.05. The van der Waals surface area contributed by atoms with E-state index in [2.05, 4.69) is 5.16 Å². The summed E-state index contributed by atoms with van der Waals surface area (Å²) < 4.78 is 41.9. The molecule has 128 valence electrons. The van der Waals surface area contributed by atoms with Crippen LogP contribution in [-0.4, -0.2) is 17.7 Å². The molecule has 0 atom stereocenters. The van der Waals surface area contributed by atoms with E-state index < -0.39 is 17.6 Å². The van der Waals surface area contributed by atoms with Crippen molar-refractivity contribution >= 4 is 5.97 Å². The van der Waals surface area contributed by atoms with Crippen LogP contribution in [0.5, 0.6) is 5.75 Å². The fourth-order valence-electron chi connectivity index (χ4n) is 2.05. The van der Waals surface area contributed by atoms with E-state index in [-0.39, 0.29) is 24.5 Å². The van der Waals surface area contributed by atoms with Crippen LogP contribution in [0.4, 0.5) is 8.78 Å². The highest BCUT2D eigenvalue weighted by Crippen LogP contribution is 2.24. The van der Waals surface area contributed by atoms with Crippen LogP contribution in [0.2, 0.25) is 0 Å². The number of carbonyl (C=O) groups is 1. The molecule has 0 unspecified atom stereocenters. The number of rotatable bonds is 6. The molecule has 0 aliphatic heterocycles. The van der Waals surface area contributed by atoms with E-state index in [1.54, 1.807) is 24.3 Å². The van der Waals surface area contributed by atoms with Gasteiger partial charge in [0.05, 0.1) is 5.56 Å². The quantitative estimate of drug-likeness (QED) is 0.637. The van der Waals surface area contributed by atoms with Crippen LogP contribution in [0, 0.1) is 11.6 Å². The lowest BCUT2D eigenvalue weighted by atomic mass is 10.1.